The van der Waals surface area contributed by atoms with Crippen LogP contribution in [0.15, 0.2) is 113 Å². The van der Waals surface area contributed by atoms with E-state index in [2.05, 4.69) is 5.11 Å². The van der Waals surface area contributed by atoms with E-state index in [4.69, 9.17) is 5.11 Å². The maximum absolute atomic E-state index is 14.4. The smallest absolute Gasteiger partial charge is 0.160 e. The molecule has 4 nitrogen and oxygen atoms in total. The van der Waals surface area contributed by atoms with Gasteiger partial charge in [0.05, 0.1) is 5.70 Å². The molecule has 0 fully saturated rings. The lowest BCUT2D eigenvalue weighted by molar-refractivity contribution is 0.474. The molecule has 1 atom stereocenters. The van der Waals surface area contributed by atoms with Crippen LogP contribution in [0.2, 0.25) is 0 Å². The van der Waals surface area contributed by atoms with E-state index >= 15 is 0 Å². The molecular weight excluding hydrogens is 403 g/mol. The zero-order valence-corrected chi connectivity index (χ0v) is 17.0. The number of phenols is 2. The molecule has 0 amide bonds. The number of benzene rings is 4. The summed E-state index contributed by atoms with van der Waals surface area (Å²) in [5.41, 5.74) is 3.34. The molecule has 0 bridgehead atoms. The molecule has 156 valence electrons. The maximum Gasteiger partial charge on any atom is 0.160 e. The molecule has 0 saturated heterocycles. The highest BCUT2D eigenvalue weighted by Crippen LogP contribution is 2.53. The van der Waals surface area contributed by atoms with Crippen LogP contribution < -0.4 is 0 Å². The van der Waals surface area contributed by atoms with Gasteiger partial charge in [-0.05, 0) is 65.2 Å². The van der Waals surface area contributed by atoms with E-state index in [9.17, 15) is 14.6 Å². The van der Waals surface area contributed by atoms with E-state index in [0.717, 1.165) is 22.3 Å². The Hall–Kier alpha value is -4.25. The van der Waals surface area contributed by atoms with Crippen LogP contribution in [-0.2, 0) is 5.54 Å². The minimum atomic E-state index is -1.12. The van der Waals surface area contributed by atoms with E-state index in [0.29, 0.717) is 11.3 Å². The predicted molar refractivity (Wildman–Crippen MR) is 122 cm³/mol. The number of halogens is 1. The molecule has 0 saturated carbocycles. The van der Waals surface area contributed by atoms with Crippen LogP contribution in [0.1, 0.15) is 22.3 Å². The summed E-state index contributed by atoms with van der Waals surface area (Å²) >= 11 is 0. The Balaban J connectivity index is 1.87. The third-order valence-electron chi connectivity index (χ3n) is 5.63. The van der Waals surface area contributed by atoms with Crippen molar-refractivity contribution >= 4 is 11.3 Å². The van der Waals surface area contributed by atoms with Crippen LogP contribution in [0, 0.1) is 5.82 Å². The SMILES string of the molecule is Oc1ccc(C2=C(c3ccccc3)C(c3ccc(O)cc3)(c3cccc(F)c3)N=N2)cc1. The second-order valence-corrected chi connectivity index (χ2v) is 7.60. The molecule has 1 heterocycles. The Morgan fingerprint density at radius 1 is 0.625 bits per heavy atom. The summed E-state index contributed by atoms with van der Waals surface area (Å²) in [6, 6.07) is 29.6. The van der Waals surface area contributed by atoms with Gasteiger partial charge >= 0.3 is 0 Å². The van der Waals surface area contributed by atoms with Gasteiger partial charge in [0.25, 0.3) is 0 Å². The average Bonchev–Trinajstić information content (AvgIpc) is 3.22. The first-order valence-corrected chi connectivity index (χ1v) is 10.2. The van der Waals surface area contributed by atoms with Gasteiger partial charge in [-0.2, -0.15) is 10.2 Å². The highest BCUT2D eigenvalue weighted by atomic mass is 19.1. The molecule has 1 aliphatic rings. The summed E-state index contributed by atoms with van der Waals surface area (Å²) in [5, 5.41) is 29.0. The minimum absolute atomic E-state index is 0.127. The lowest BCUT2D eigenvalue weighted by Gasteiger charge is -2.30. The summed E-state index contributed by atoms with van der Waals surface area (Å²) in [6.45, 7) is 0. The monoisotopic (exact) mass is 422 g/mol. The molecule has 2 N–H and O–H groups in total. The van der Waals surface area contributed by atoms with Crippen LogP contribution in [-0.4, -0.2) is 10.2 Å². The molecule has 0 aromatic heterocycles. The highest BCUT2D eigenvalue weighted by molar-refractivity contribution is 5.98. The summed E-state index contributed by atoms with van der Waals surface area (Å²) < 4.78 is 14.4. The van der Waals surface area contributed by atoms with Gasteiger partial charge in [-0.15, -0.1) is 0 Å². The Morgan fingerprint density at radius 2 is 1.28 bits per heavy atom. The third-order valence-corrected chi connectivity index (χ3v) is 5.63. The van der Waals surface area contributed by atoms with Crippen molar-refractivity contribution in [3.05, 3.63) is 131 Å². The summed E-state index contributed by atoms with van der Waals surface area (Å²) in [5.74, 6) is -0.0936. The van der Waals surface area contributed by atoms with Gasteiger partial charge in [0, 0.05) is 11.1 Å². The quantitative estimate of drug-likeness (QED) is 0.393. The maximum atomic E-state index is 14.4. The first kappa shape index (κ1) is 19.7. The molecule has 0 radical (unpaired) electrons. The first-order chi connectivity index (χ1) is 15.6. The molecule has 0 spiro atoms. The van der Waals surface area contributed by atoms with Gasteiger partial charge in [-0.1, -0.05) is 54.6 Å². The summed E-state index contributed by atoms with van der Waals surface area (Å²) in [6.07, 6.45) is 0. The lowest BCUT2D eigenvalue weighted by atomic mass is 9.74. The standard InChI is InChI=1S/C27H19FN2O2/c28-22-8-4-7-21(17-22)27(20-11-15-24(32)16-12-20)25(18-5-2-1-3-6-18)26(29-30-27)19-9-13-23(31)14-10-19/h1-17,31-32H. The fourth-order valence-corrected chi connectivity index (χ4v) is 4.16. The minimum Gasteiger partial charge on any atom is -0.508 e. The lowest BCUT2D eigenvalue weighted by Crippen LogP contribution is -2.25. The molecule has 4 aromatic rings. The van der Waals surface area contributed by atoms with Gasteiger partial charge in [0.2, 0.25) is 0 Å². The van der Waals surface area contributed by atoms with Crippen LogP contribution >= 0.6 is 0 Å². The second kappa shape index (κ2) is 7.78. The van der Waals surface area contributed by atoms with Crippen molar-refractivity contribution in [1.82, 2.24) is 0 Å². The average molecular weight is 422 g/mol. The van der Waals surface area contributed by atoms with Crippen molar-refractivity contribution in [1.29, 1.82) is 0 Å². The summed E-state index contributed by atoms with van der Waals surface area (Å²) in [7, 11) is 0. The van der Waals surface area contributed by atoms with Crippen molar-refractivity contribution in [2.75, 3.05) is 0 Å². The fourth-order valence-electron chi connectivity index (χ4n) is 4.16. The number of hydrogen-bond acceptors (Lipinski definition) is 4. The molecule has 5 heteroatoms. The van der Waals surface area contributed by atoms with E-state index < -0.39 is 5.54 Å². The molecule has 1 unspecified atom stereocenters. The molecule has 32 heavy (non-hydrogen) atoms. The van der Waals surface area contributed by atoms with E-state index in [-0.39, 0.29) is 17.3 Å². The molecular formula is C27H19FN2O2. The van der Waals surface area contributed by atoms with E-state index in [1.807, 2.05) is 36.4 Å². The van der Waals surface area contributed by atoms with E-state index in [1.54, 1.807) is 54.6 Å². The highest BCUT2D eigenvalue weighted by Gasteiger charge is 2.45. The Morgan fingerprint density at radius 3 is 1.94 bits per heavy atom. The number of phenolic OH excluding ortho intramolecular Hbond substituents is 2. The number of azo groups is 1. The molecule has 1 aliphatic heterocycles. The van der Waals surface area contributed by atoms with Crippen LogP contribution in [0.25, 0.3) is 11.3 Å². The Kier molecular flexibility index (Phi) is 4.79. The van der Waals surface area contributed by atoms with Crippen LogP contribution in [0.5, 0.6) is 11.5 Å². The van der Waals surface area contributed by atoms with Gasteiger partial charge in [0.1, 0.15) is 17.3 Å². The zero-order chi connectivity index (χ0) is 22.1. The number of nitrogens with zero attached hydrogens (tertiary/aromatic N) is 2. The van der Waals surface area contributed by atoms with E-state index in [1.165, 1.54) is 12.1 Å². The van der Waals surface area contributed by atoms with Crippen molar-refractivity contribution in [2.24, 2.45) is 10.2 Å². The van der Waals surface area contributed by atoms with Gasteiger partial charge in [-0.25, -0.2) is 4.39 Å². The van der Waals surface area contributed by atoms with Gasteiger partial charge < -0.3 is 10.2 Å². The molecule has 5 rings (SSSR count). The normalized spacial score (nSPS) is 17.7. The number of rotatable bonds is 4. The van der Waals surface area contributed by atoms with Crippen molar-refractivity contribution < 1.29 is 14.6 Å². The van der Waals surface area contributed by atoms with Crippen molar-refractivity contribution in [3.63, 3.8) is 0 Å². The third kappa shape index (κ3) is 3.24. The molecule has 4 aromatic carbocycles. The fraction of sp³-hybridized carbons (Fsp3) is 0.0370. The van der Waals surface area contributed by atoms with Gasteiger partial charge in [-0.3, -0.25) is 0 Å². The van der Waals surface area contributed by atoms with Crippen molar-refractivity contribution in [2.45, 2.75) is 5.54 Å². The first-order valence-electron chi connectivity index (χ1n) is 10.2. The van der Waals surface area contributed by atoms with Gasteiger partial charge in [0.15, 0.2) is 5.54 Å². The largest absolute Gasteiger partial charge is 0.508 e. The molecule has 0 aliphatic carbocycles. The Labute approximate surface area is 184 Å². The predicted octanol–water partition coefficient (Wildman–Crippen LogP) is 6.51. The number of aromatic hydroxyl groups is 2. The Bertz CT molecular complexity index is 1330. The van der Waals surface area contributed by atoms with Crippen LogP contribution in [0.3, 0.4) is 0 Å². The summed E-state index contributed by atoms with van der Waals surface area (Å²) in [4.78, 5) is 0. The number of hydrogen-bond donors (Lipinski definition) is 2. The van der Waals surface area contributed by atoms with Crippen molar-refractivity contribution in [3.8, 4) is 11.5 Å². The zero-order valence-electron chi connectivity index (χ0n) is 17.0. The topological polar surface area (TPSA) is 65.2 Å². The second-order valence-electron chi connectivity index (χ2n) is 7.60. The van der Waals surface area contributed by atoms with Crippen LogP contribution in [0.4, 0.5) is 4.39 Å².